The molecule has 0 amide bonds. The van der Waals surface area contributed by atoms with Gasteiger partial charge in [-0.05, 0) is 23.8 Å². The zero-order valence-corrected chi connectivity index (χ0v) is 10.1. The third kappa shape index (κ3) is 2.48. The number of halogens is 2. The van der Waals surface area contributed by atoms with E-state index in [9.17, 15) is 4.39 Å². The summed E-state index contributed by atoms with van der Waals surface area (Å²) < 4.78 is 15.8. The number of aromatic nitrogens is 2. The van der Waals surface area contributed by atoms with Crippen LogP contribution in [0.4, 0.5) is 4.39 Å². The van der Waals surface area contributed by atoms with Crippen molar-refractivity contribution >= 4 is 15.9 Å². The van der Waals surface area contributed by atoms with E-state index in [4.69, 9.17) is 5.73 Å². The van der Waals surface area contributed by atoms with E-state index in [1.165, 1.54) is 12.1 Å². The summed E-state index contributed by atoms with van der Waals surface area (Å²) in [6, 6.07) is 4.82. The van der Waals surface area contributed by atoms with Gasteiger partial charge in [0.25, 0.3) is 0 Å². The van der Waals surface area contributed by atoms with Crippen molar-refractivity contribution in [1.82, 2.24) is 9.55 Å². The van der Waals surface area contributed by atoms with Gasteiger partial charge < -0.3 is 10.3 Å². The van der Waals surface area contributed by atoms with E-state index >= 15 is 0 Å². The molecule has 0 unspecified atom stereocenters. The highest BCUT2D eigenvalue weighted by molar-refractivity contribution is 9.10. The molecule has 1 aromatic heterocycles. The van der Waals surface area contributed by atoms with E-state index in [1.54, 1.807) is 6.20 Å². The lowest BCUT2D eigenvalue weighted by molar-refractivity contribution is 0.621. The summed E-state index contributed by atoms with van der Waals surface area (Å²) in [7, 11) is 0. The van der Waals surface area contributed by atoms with E-state index in [0.717, 1.165) is 15.9 Å². The molecule has 1 aromatic carbocycles. The Balaban J connectivity index is 2.26. The lowest BCUT2D eigenvalue weighted by Gasteiger charge is -2.07. The predicted molar refractivity (Wildman–Crippen MR) is 63.3 cm³/mol. The second-order valence-corrected chi connectivity index (χ2v) is 4.37. The predicted octanol–water partition coefficient (Wildman–Crippen LogP) is 2.29. The second kappa shape index (κ2) is 4.76. The van der Waals surface area contributed by atoms with Crippen LogP contribution in [0.15, 0.2) is 35.1 Å². The Hall–Kier alpha value is -1.20. The maximum Gasteiger partial charge on any atom is 0.124 e. The standard InChI is InChI=1S/C11H11BrFN3/c12-9-3-8(4-10(13)5-9)7-16-2-1-15-11(16)6-14/h1-5H,6-7,14H2. The highest BCUT2D eigenvalue weighted by Crippen LogP contribution is 2.16. The third-order valence-electron chi connectivity index (χ3n) is 2.26. The molecule has 84 valence electrons. The summed E-state index contributed by atoms with van der Waals surface area (Å²) in [6.07, 6.45) is 3.53. The topological polar surface area (TPSA) is 43.8 Å². The van der Waals surface area contributed by atoms with Crippen LogP contribution in [0.3, 0.4) is 0 Å². The van der Waals surface area contributed by atoms with Gasteiger partial charge in [-0.2, -0.15) is 0 Å². The van der Waals surface area contributed by atoms with Gasteiger partial charge in [-0.15, -0.1) is 0 Å². The van der Waals surface area contributed by atoms with Crippen molar-refractivity contribution in [2.75, 3.05) is 0 Å². The minimum absolute atomic E-state index is 0.251. The Morgan fingerprint density at radius 1 is 1.38 bits per heavy atom. The number of imidazole rings is 1. The van der Waals surface area contributed by atoms with Crippen LogP contribution < -0.4 is 5.73 Å². The van der Waals surface area contributed by atoms with Crippen LogP contribution in [-0.2, 0) is 13.1 Å². The molecule has 0 aliphatic heterocycles. The molecule has 1 heterocycles. The Morgan fingerprint density at radius 2 is 2.19 bits per heavy atom. The number of hydrogen-bond acceptors (Lipinski definition) is 2. The fourth-order valence-electron chi connectivity index (χ4n) is 1.57. The quantitative estimate of drug-likeness (QED) is 0.939. The first-order chi connectivity index (χ1) is 7.69. The minimum atomic E-state index is -0.251. The van der Waals surface area contributed by atoms with Crippen molar-refractivity contribution in [3.63, 3.8) is 0 Å². The number of benzene rings is 1. The molecule has 0 fully saturated rings. The molecule has 2 N–H and O–H groups in total. The van der Waals surface area contributed by atoms with Crippen molar-refractivity contribution in [3.8, 4) is 0 Å². The van der Waals surface area contributed by atoms with E-state index in [2.05, 4.69) is 20.9 Å². The van der Waals surface area contributed by atoms with E-state index in [0.29, 0.717) is 13.1 Å². The second-order valence-electron chi connectivity index (χ2n) is 3.45. The first-order valence-corrected chi connectivity index (χ1v) is 5.63. The van der Waals surface area contributed by atoms with Gasteiger partial charge in [-0.3, -0.25) is 0 Å². The Morgan fingerprint density at radius 3 is 2.88 bits per heavy atom. The van der Waals surface area contributed by atoms with Gasteiger partial charge in [0, 0.05) is 23.4 Å². The zero-order chi connectivity index (χ0) is 11.5. The molecule has 0 aliphatic carbocycles. The maximum absolute atomic E-state index is 13.2. The molecular weight excluding hydrogens is 273 g/mol. The molecule has 2 rings (SSSR count). The summed E-state index contributed by atoms with van der Waals surface area (Å²) in [4.78, 5) is 4.11. The van der Waals surface area contributed by atoms with Crippen LogP contribution in [0.5, 0.6) is 0 Å². The highest BCUT2D eigenvalue weighted by Gasteiger charge is 2.03. The van der Waals surface area contributed by atoms with Crippen molar-refractivity contribution in [2.24, 2.45) is 5.73 Å². The maximum atomic E-state index is 13.2. The molecule has 0 radical (unpaired) electrons. The van der Waals surface area contributed by atoms with Crippen LogP contribution in [0.2, 0.25) is 0 Å². The van der Waals surface area contributed by atoms with Crippen molar-refractivity contribution < 1.29 is 4.39 Å². The fourth-order valence-corrected chi connectivity index (χ4v) is 2.09. The van der Waals surface area contributed by atoms with Gasteiger partial charge in [0.1, 0.15) is 11.6 Å². The normalized spacial score (nSPS) is 10.7. The van der Waals surface area contributed by atoms with Crippen LogP contribution in [-0.4, -0.2) is 9.55 Å². The van der Waals surface area contributed by atoms with Gasteiger partial charge in [-0.25, -0.2) is 9.37 Å². The molecule has 0 bridgehead atoms. The van der Waals surface area contributed by atoms with Gasteiger partial charge in [-0.1, -0.05) is 15.9 Å². The van der Waals surface area contributed by atoms with Crippen molar-refractivity contribution in [2.45, 2.75) is 13.1 Å². The third-order valence-corrected chi connectivity index (χ3v) is 2.72. The van der Waals surface area contributed by atoms with Crippen LogP contribution in [0, 0.1) is 5.82 Å². The van der Waals surface area contributed by atoms with Crippen LogP contribution >= 0.6 is 15.9 Å². The summed E-state index contributed by atoms with van der Waals surface area (Å²) >= 11 is 3.26. The Bertz CT molecular complexity index is 475. The lowest BCUT2D eigenvalue weighted by Crippen LogP contribution is -2.08. The van der Waals surface area contributed by atoms with Gasteiger partial charge in [0.05, 0.1) is 6.54 Å². The Kier molecular flexibility index (Phi) is 3.36. The summed E-state index contributed by atoms with van der Waals surface area (Å²) in [5.74, 6) is 0.541. The molecule has 0 saturated carbocycles. The number of hydrogen-bond donors (Lipinski definition) is 1. The minimum Gasteiger partial charge on any atom is -0.329 e. The SMILES string of the molecule is NCc1nccn1Cc1cc(F)cc(Br)c1. The van der Waals surface area contributed by atoms with Crippen molar-refractivity contribution in [3.05, 3.63) is 52.3 Å². The van der Waals surface area contributed by atoms with Gasteiger partial charge in [0.2, 0.25) is 0 Å². The average molecular weight is 284 g/mol. The van der Waals surface area contributed by atoms with Crippen LogP contribution in [0.1, 0.15) is 11.4 Å². The first-order valence-electron chi connectivity index (χ1n) is 4.84. The molecule has 16 heavy (non-hydrogen) atoms. The van der Waals surface area contributed by atoms with Gasteiger partial charge in [0.15, 0.2) is 0 Å². The molecule has 5 heteroatoms. The number of nitrogens with two attached hydrogens (primary N) is 1. The van der Waals surface area contributed by atoms with Crippen LogP contribution in [0.25, 0.3) is 0 Å². The molecule has 0 atom stereocenters. The van der Waals surface area contributed by atoms with Gasteiger partial charge >= 0.3 is 0 Å². The van der Waals surface area contributed by atoms with E-state index in [1.807, 2.05) is 16.8 Å². The molecule has 0 aliphatic rings. The molecule has 0 spiro atoms. The largest absolute Gasteiger partial charge is 0.329 e. The lowest BCUT2D eigenvalue weighted by atomic mass is 10.2. The summed E-state index contributed by atoms with van der Waals surface area (Å²) in [6.45, 7) is 0.951. The molecule has 3 nitrogen and oxygen atoms in total. The fraction of sp³-hybridized carbons (Fsp3) is 0.182. The Labute approximate surface area is 101 Å². The van der Waals surface area contributed by atoms with E-state index in [-0.39, 0.29) is 5.82 Å². The smallest absolute Gasteiger partial charge is 0.124 e. The monoisotopic (exact) mass is 283 g/mol. The molecular formula is C11H11BrFN3. The number of rotatable bonds is 3. The number of nitrogens with zero attached hydrogens (tertiary/aromatic N) is 2. The molecule has 2 aromatic rings. The zero-order valence-electron chi connectivity index (χ0n) is 8.53. The average Bonchev–Trinajstić information content (AvgIpc) is 2.63. The first kappa shape index (κ1) is 11.3. The highest BCUT2D eigenvalue weighted by atomic mass is 79.9. The molecule has 0 saturated heterocycles. The summed E-state index contributed by atoms with van der Waals surface area (Å²) in [5.41, 5.74) is 6.42. The van der Waals surface area contributed by atoms with E-state index < -0.39 is 0 Å². The van der Waals surface area contributed by atoms with Crippen molar-refractivity contribution in [1.29, 1.82) is 0 Å². The summed E-state index contributed by atoms with van der Waals surface area (Å²) in [5, 5.41) is 0.